The van der Waals surface area contributed by atoms with Crippen molar-refractivity contribution in [2.24, 2.45) is 0 Å². The quantitative estimate of drug-likeness (QED) is 0.399. The van der Waals surface area contributed by atoms with Crippen LogP contribution in [0.1, 0.15) is 27.0 Å². The summed E-state index contributed by atoms with van der Waals surface area (Å²) in [7, 11) is 0. The van der Waals surface area contributed by atoms with E-state index in [1.54, 1.807) is 42.5 Å². The lowest BCUT2D eigenvalue weighted by molar-refractivity contribution is 0.103. The van der Waals surface area contributed by atoms with Crippen LogP contribution >= 0.6 is 0 Å². The fraction of sp³-hybridized carbons (Fsp3) is 0.0833. The fourth-order valence-corrected chi connectivity index (χ4v) is 2.61. The van der Waals surface area contributed by atoms with Gasteiger partial charge in [0.2, 0.25) is 0 Å². The molecule has 144 valence electrons. The van der Waals surface area contributed by atoms with Gasteiger partial charge >= 0.3 is 6.09 Å². The zero-order valence-electron chi connectivity index (χ0n) is 15.7. The normalized spacial score (nSPS) is 9.79. The monoisotopic (exact) mass is 384 g/mol. The van der Waals surface area contributed by atoms with E-state index in [0.717, 1.165) is 5.56 Å². The first-order valence-corrected chi connectivity index (χ1v) is 9.06. The number of benzene rings is 3. The summed E-state index contributed by atoms with van der Waals surface area (Å²) in [4.78, 5) is 24.3. The minimum absolute atomic E-state index is 0.125. The molecular weight excluding hydrogens is 364 g/mol. The first-order chi connectivity index (χ1) is 14.1. The molecule has 0 aliphatic heterocycles. The van der Waals surface area contributed by atoms with E-state index in [4.69, 9.17) is 10.5 Å². The van der Waals surface area contributed by atoms with Crippen LogP contribution in [0.2, 0.25) is 0 Å². The van der Waals surface area contributed by atoms with Crippen LogP contribution in [0.5, 0.6) is 0 Å². The molecule has 0 aliphatic rings. The number of rotatable bonds is 5. The molecule has 0 saturated carbocycles. The molecule has 5 heteroatoms. The van der Waals surface area contributed by atoms with Gasteiger partial charge in [0.1, 0.15) is 6.61 Å². The summed E-state index contributed by atoms with van der Waals surface area (Å²) < 4.78 is 5.12. The SMILES string of the molecule is Nc1ccc(C#CCNC(=O)OCc2ccccc2)cc1C(=O)c1ccccc1. The van der Waals surface area contributed by atoms with E-state index >= 15 is 0 Å². The molecule has 3 aromatic rings. The van der Waals surface area contributed by atoms with E-state index in [0.29, 0.717) is 22.4 Å². The molecule has 29 heavy (non-hydrogen) atoms. The Bertz CT molecular complexity index is 1050. The van der Waals surface area contributed by atoms with Crippen molar-refractivity contribution in [3.8, 4) is 11.8 Å². The summed E-state index contributed by atoms with van der Waals surface area (Å²) in [5.74, 6) is 5.60. The summed E-state index contributed by atoms with van der Waals surface area (Å²) in [5.41, 5.74) is 8.87. The number of ether oxygens (including phenoxy) is 1. The standard InChI is InChI=1S/C24H20N2O3/c25-22-14-13-18(16-21(22)23(27)20-11-5-2-6-12-20)10-7-15-26-24(28)29-17-19-8-3-1-4-9-19/h1-6,8-9,11-14,16H,15,17,25H2,(H,26,28). The van der Waals surface area contributed by atoms with Crippen LogP contribution in [-0.2, 0) is 11.3 Å². The number of carbonyl (C=O) groups is 2. The van der Waals surface area contributed by atoms with Crippen LogP contribution in [0.4, 0.5) is 10.5 Å². The Balaban J connectivity index is 1.56. The number of ketones is 1. The molecule has 0 aliphatic carbocycles. The van der Waals surface area contributed by atoms with Gasteiger partial charge in [-0.15, -0.1) is 0 Å². The number of nitrogens with one attached hydrogen (secondary N) is 1. The van der Waals surface area contributed by atoms with Gasteiger partial charge in [-0.3, -0.25) is 4.79 Å². The van der Waals surface area contributed by atoms with Crippen molar-refractivity contribution in [3.63, 3.8) is 0 Å². The zero-order valence-corrected chi connectivity index (χ0v) is 15.7. The van der Waals surface area contributed by atoms with E-state index in [2.05, 4.69) is 17.2 Å². The van der Waals surface area contributed by atoms with E-state index in [1.165, 1.54) is 0 Å². The van der Waals surface area contributed by atoms with Gasteiger partial charge in [-0.05, 0) is 23.8 Å². The molecular formula is C24H20N2O3. The third-order valence-electron chi connectivity index (χ3n) is 4.10. The lowest BCUT2D eigenvalue weighted by atomic mass is 10.00. The van der Waals surface area contributed by atoms with Gasteiger partial charge in [-0.25, -0.2) is 4.79 Å². The maximum absolute atomic E-state index is 12.6. The maximum Gasteiger partial charge on any atom is 0.408 e. The number of alkyl carbamates (subject to hydrolysis) is 1. The number of nitrogen functional groups attached to an aromatic ring is 1. The van der Waals surface area contributed by atoms with Crippen molar-refractivity contribution in [1.29, 1.82) is 0 Å². The molecule has 3 aromatic carbocycles. The van der Waals surface area contributed by atoms with Gasteiger partial charge in [0.15, 0.2) is 5.78 Å². The molecule has 0 unspecified atom stereocenters. The Kier molecular flexibility index (Phi) is 6.64. The van der Waals surface area contributed by atoms with E-state index < -0.39 is 6.09 Å². The predicted octanol–water partition coefficient (Wildman–Crippen LogP) is 3.78. The molecule has 0 heterocycles. The largest absolute Gasteiger partial charge is 0.445 e. The highest BCUT2D eigenvalue weighted by Crippen LogP contribution is 2.18. The van der Waals surface area contributed by atoms with Gasteiger partial charge in [0.05, 0.1) is 6.54 Å². The minimum atomic E-state index is -0.541. The summed E-state index contributed by atoms with van der Waals surface area (Å²) >= 11 is 0. The van der Waals surface area contributed by atoms with E-state index in [9.17, 15) is 9.59 Å². The summed E-state index contributed by atoms with van der Waals surface area (Å²) in [5, 5.41) is 2.57. The highest BCUT2D eigenvalue weighted by Gasteiger charge is 2.12. The summed E-state index contributed by atoms with van der Waals surface area (Å²) in [6.07, 6.45) is -0.541. The van der Waals surface area contributed by atoms with Gasteiger partial charge < -0.3 is 15.8 Å². The molecule has 3 rings (SSSR count). The Labute approximate surface area is 169 Å². The fourth-order valence-electron chi connectivity index (χ4n) is 2.61. The van der Waals surface area contributed by atoms with Crippen molar-refractivity contribution in [3.05, 3.63) is 101 Å². The highest BCUT2D eigenvalue weighted by molar-refractivity contribution is 6.12. The predicted molar refractivity (Wildman–Crippen MR) is 112 cm³/mol. The van der Waals surface area contributed by atoms with Crippen molar-refractivity contribution in [1.82, 2.24) is 5.32 Å². The maximum atomic E-state index is 12.6. The van der Waals surface area contributed by atoms with Crippen molar-refractivity contribution < 1.29 is 14.3 Å². The molecule has 1 amide bonds. The highest BCUT2D eigenvalue weighted by atomic mass is 16.5. The third kappa shape index (κ3) is 5.72. The first kappa shape index (κ1) is 19.7. The van der Waals surface area contributed by atoms with Crippen LogP contribution in [0.25, 0.3) is 0 Å². The lowest BCUT2D eigenvalue weighted by Crippen LogP contribution is -2.24. The molecule has 3 N–H and O–H groups in total. The summed E-state index contributed by atoms with van der Waals surface area (Å²) in [6.45, 7) is 0.322. The molecule has 0 saturated heterocycles. The number of nitrogens with two attached hydrogens (primary N) is 1. The number of hydrogen-bond donors (Lipinski definition) is 2. The van der Waals surface area contributed by atoms with Crippen LogP contribution in [-0.4, -0.2) is 18.4 Å². The average Bonchev–Trinajstić information content (AvgIpc) is 2.77. The number of carbonyl (C=O) groups excluding carboxylic acids is 2. The van der Waals surface area contributed by atoms with E-state index in [-0.39, 0.29) is 18.9 Å². The molecule has 0 aromatic heterocycles. The number of amides is 1. The van der Waals surface area contributed by atoms with Crippen LogP contribution in [0, 0.1) is 11.8 Å². The first-order valence-electron chi connectivity index (χ1n) is 9.06. The zero-order chi connectivity index (χ0) is 20.5. The molecule has 5 nitrogen and oxygen atoms in total. The second-order valence-electron chi connectivity index (χ2n) is 6.21. The lowest BCUT2D eigenvalue weighted by Gasteiger charge is -2.06. The Morgan fingerprint density at radius 1 is 0.931 bits per heavy atom. The Morgan fingerprint density at radius 3 is 2.34 bits per heavy atom. The Hall–Kier alpha value is -4.04. The average molecular weight is 384 g/mol. The summed E-state index contributed by atoms with van der Waals surface area (Å²) in [6, 6.07) is 23.4. The molecule has 0 fully saturated rings. The second kappa shape index (κ2) is 9.77. The van der Waals surface area contributed by atoms with Gasteiger partial charge in [-0.2, -0.15) is 0 Å². The smallest absolute Gasteiger partial charge is 0.408 e. The molecule has 0 radical (unpaired) electrons. The Morgan fingerprint density at radius 2 is 1.62 bits per heavy atom. The van der Waals surface area contributed by atoms with Crippen molar-refractivity contribution in [2.45, 2.75) is 6.61 Å². The van der Waals surface area contributed by atoms with Crippen LogP contribution < -0.4 is 11.1 Å². The topological polar surface area (TPSA) is 81.4 Å². The number of hydrogen-bond acceptors (Lipinski definition) is 4. The number of anilines is 1. The van der Waals surface area contributed by atoms with Crippen LogP contribution in [0.15, 0.2) is 78.9 Å². The third-order valence-corrected chi connectivity index (χ3v) is 4.10. The van der Waals surface area contributed by atoms with Gasteiger partial charge in [0.25, 0.3) is 0 Å². The molecule has 0 bridgehead atoms. The second-order valence-corrected chi connectivity index (χ2v) is 6.21. The van der Waals surface area contributed by atoms with Crippen LogP contribution in [0.3, 0.4) is 0 Å². The minimum Gasteiger partial charge on any atom is -0.445 e. The molecule has 0 atom stereocenters. The van der Waals surface area contributed by atoms with Crippen molar-refractivity contribution in [2.75, 3.05) is 12.3 Å². The van der Waals surface area contributed by atoms with Gasteiger partial charge in [0, 0.05) is 22.4 Å². The van der Waals surface area contributed by atoms with Crippen molar-refractivity contribution >= 4 is 17.6 Å². The molecule has 0 spiro atoms. The van der Waals surface area contributed by atoms with Gasteiger partial charge in [-0.1, -0.05) is 72.5 Å². The van der Waals surface area contributed by atoms with E-state index in [1.807, 2.05) is 36.4 Å².